The first kappa shape index (κ1) is 9.05. The maximum Gasteiger partial charge on any atom is 0.223 e. The van der Waals surface area contributed by atoms with E-state index in [2.05, 4.69) is 5.32 Å². The molecule has 0 atom stereocenters. The van der Waals surface area contributed by atoms with Crippen molar-refractivity contribution in [1.82, 2.24) is 5.32 Å². The molecule has 0 aromatic rings. The summed E-state index contributed by atoms with van der Waals surface area (Å²) < 4.78 is 0. The van der Waals surface area contributed by atoms with Crippen LogP contribution in [0.25, 0.3) is 0 Å². The summed E-state index contributed by atoms with van der Waals surface area (Å²) in [5, 5.41) is 11.0. The minimum Gasteiger partial charge on any atom is -0.355 e. The van der Waals surface area contributed by atoms with Gasteiger partial charge in [-0.3, -0.25) is 4.79 Å². The summed E-state index contributed by atoms with van der Waals surface area (Å²) in [5.74, 6) is 0.367. The predicted octanol–water partition coefficient (Wildman–Crippen LogP) is 1.21. The molecule has 1 amide bonds. The Bertz CT molecular complexity index is 189. The van der Waals surface area contributed by atoms with Gasteiger partial charge in [-0.15, -0.1) is 0 Å². The molecule has 0 bridgehead atoms. The molecular weight excluding hydrogens is 152 g/mol. The number of nitrogens with one attached hydrogen (secondary N) is 1. The largest absolute Gasteiger partial charge is 0.355 e. The number of hydrogen-bond acceptors (Lipinski definition) is 2. The van der Waals surface area contributed by atoms with Crippen molar-refractivity contribution in [2.45, 2.75) is 32.1 Å². The maximum atomic E-state index is 11.3. The van der Waals surface area contributed by atoms with Crippen molar-refractivity contribution in [2.24, 2.45) is 5.92 Å². The highest BCUT2D eigenvalue weighted by molar-refractivity contribution is 5.78. The van der Waals surface area contributed by atoms with Crippen molar-refractivity contribution in [3.8, 4) is 6.07 Å². The van der Waals surface area contributed by atoms with Gasteiger partial charge in [0.05, 0.1) is 12.5 Å². The van der Waals surface area contributed by atoms with Crippen molar-refractivity contribution in [2.75, 3.05) is 6.54 Å². The molecule has 1 aliphatic rings. The average molecular weight is 166 g/mol. The Balaban J connectivity index is 2.15. The van der Waals surface area contributed by atoms with Gasteiger partial charge in [0, 0.05) is 12.5 Å². The lowest BCUT2D eigenvalue weighted by atomic mass is 10.1. The van der Waals surface area contributed by atoms with Crippen LogP contribution < -0.4 is 5.32 Å². The summed E-state index contributed by atoms with van der Waals surface area (Å²) in [5.41, 5.74) is 0. The van der Waals surface area contributed by atoms with E-state index in [0.29, 0.717) is 13.0 Å². The number of hydrogen-bond donors (Lipinski definition) is 1. The molecule has 3 nitrogen and oxygen atoms in total. The Morgan fingerprint density at radius 3 is 2.75 bits per heavy atom. The first-order valence-electron chi connectivity index (χ1n) is 4.49. The standard InChI is InChI=1S/C9H14N2O/c10-6-3-7-11-9(12)8-4-1-2-5-8/h8H,1-5,7H2,(H,11,12). The molecule has 1 aliphatic carbocycles. The Hall–Kier alpha value is -1.04. The van der Waals surface area contributed by atoms with E-state index in [4.69, 9.17) is 5.26 Å². The van der Waals surface area contributed by atoms with E-state index in [1.165, 1.54) is 12.8 Å². The molecule has 66 valence electrons. The first-order chi connectivity index (χ1) is 5.84. The molecule has 0 unspecified atom stereocenters. The fraction of sp³-hybridized carbons (Fsp3) is 0.778. The second kappa shape index (κ2) is 4.76. The summed E-state index contributed by atoms with van der Waals surface area (Å²) in [7, 11) is 0. The molecule has 1 rings (SSSR count). The molecule has 1 N–H and O–H groups in total. The third-order valence-electron chi connectivity index (χ3n) is 2.26. The van der Waals surface area contributed by atoms with Gasteiger partial charge in [0.1, 0.15) is 0 Å². The van der Waals surface area contributed by atoms with Crippen LogP contribution in [0, 0.1) is 17.2 Å². The van der Waals surface area contributed by atoms with E-state index in [0.717, 1.165) is 12.8 Å². The highest BCUT2D eigenvalue weighted by Crippen LogP contribution is 2.24. The lowest BCUT2D eigenvalue weighted by Crippen LogP contribution is -2.29. The van der Waals surface area contributed by atoms with Gasteiger partial charge in [-0.1, -0.05) is 12.8 Å². The van der Waals surface area contributed by atoms with Crippen LogP contribution in [0.2, 0.25) is 0 Å². The molecule has 0 aromatic carbocycles. The zero-order chi connectivity index (χ0) is 8.81. The summed E-state index contributed by atoms with van der Waals surface area (Å²) in [6.07, 6.45) is 4.82. The minimum atomic E-state index is 0.141. The SMILES string of the molecule is N#CCCNC(=O)C1CCCC1. The maximum absolute atomic E-state index is 11.3. The van der Waals surface area contributed by atoms with Crippen molar-refractivity contribution in [3.05, 3.63) is 0 Å². The third-order valence-corrected chi connectivity index (χ3v) is 2.26. The summed E-state index contributed by atoms with van der Waals surface area (Å²) in [6, 6.07) is 2.00. The number of carbonyl (C=O) groups excluding carboxylic acids is 1. The fourth-order valence-electron chi connectivity index (χ4n) is 1.57. The molecule has 12 heavy (non-hydrogen) atoms. The number of nitriles is 1. The molecule has 1 saturated carbocycles. The Morgan fingerprint density at radius 1 is 1.50 bits per heavy atom. The smallest absolute Gasteiger partial charge is 0.223 e. The second-order valence-corrected chi connectivity index (χ2v) is 3.18. The molecule has 0 saturated heterocycles. The fourth-order valence-corrected chi connectivity index (χ4v) is 1.57. The predicted molar refractivity (Wildman–Crippen MR) is 45.2 cm³/mol. The van der Waals surface area contributed by atoms with Crippen LogP contribution in [0.3, 0.4) is 0 Å². The van der Waals surface area contributed by atoms with Crippen LogP contribution in [0.5, 0.6) is 0 Å². The van der Waals surface area contributed by atoms with E-state index in [1.807, 2.05) is 6.07 Å². The van der Waals surface area contributed by atoms with Crippen LogP contribution in [0.1, 0.15) is 32.1 Å². The lowest BCUT2D eigenvalue weighted by Gasteiger charge is -2.07. The highest BCUT2D eigenvalue weighted by atomic mass is 16.1. The van der Waals surface area contributed by atoms with Crippen LogP contribution in [-0.2, 0) is 4.79 Å². The van der Waals surface area contributed by atoms with Gasteiger partial charge in [0.15, 0.2) is 0 Å². The molecule has 1 fully saturated rings. The number of nitrogens with zero attached hydrogens (tertiary/aromatic N) is 1. The average Bonchev–Trinajstić information content (AvgIpc) is 2.56. The molecule has 0 spiro atoms. The van der Waals surface area contributed by atoms with Gasteiger partial charge in [0.2, 0.25) is 5.91 Å². The van der Waals surface area contributed by atoms with E-state index in [1.54, 1.807) is 0 Å². The Kier molecular flexibility index (Phi) is 3.59. The van der Waals surface area contributed by atoms with Crippen LogP contribution >= 0.6 is 0 Å². The zero-order valence-electron chi connectivity index (χ0n) is 7.18. The minimum absolute atomic E-state index is 0.141. The van der Waals surface area contributed by atoms with Gasteiger partial charge in [-0.05, 0) is 12.8 Å². The molecule has 0 heterocycles. The Labute approximate surface area is 72.8 Å². The van der Waals surface area contributed by atoms with Crippen molar-refractivity contribution >= 4 is 5.91 Å². The number of rotatable bonds is 3. The highest BCUT2D eigenvalue weighted by Gasteiger charge is 2.21. The van der Waals surface area contributed by atoms with Gasteiger partial charge in [-0.2, -0.15) is 5.26 Å². The summed E-state index contributed by atoms with van der Waals surface area (Å²) in [6.45, 7) is 0.506. The second-order valence-electron chi connectivity index (χ2n) is 3.18. The van der Waals surface area contributed by atoms with Gasteiger partial charge < -0.3 is 5.32 Å². The Morgan fingerprint density at radius 2 is 2.17 bits per heavy atom. The van der Waals surface area contributed by atoms with Crippen LogP contribution in [0.4, 0.5) is 0 Å². The summed E-state index contributed by atoms with van der Waals surface area (Å²) in [4.78, 5) is 11.3. The van der Waals surface area contributed by atoms with Gasteiger partial charge in [0.25, 0.3) is 0 Å². The lowest BCUT2D eigenvalue weighted by molar-refractivity contribution is -0.124. The molecular formula is C9H14N2O. The summed E-state index contributed by atoms with van der Waals surface area (Å²) >= 11 is 0. The number of carbonyl (C=O) groups is 1. The first-order valence-corrected chi connectivity index (χ1v) is 4.49. The van der Waals surface area contributed by atoms with E-state index in [9.17, 15) is 4.79 Å². The van der Waals surface area contributed by atoms with Gasteiger partial charge in [-0.25, -0.2) is 0 Å². The van der Waals surface area contributed by atoms with Crippen LogP contribution in [-0.4, -0.2) is 12.5 Å². The molecule has 3 heteroatoms. The number of amides is 1. The van der Waals surface area contributed by atoms with E-state index >= 15 is 0 Å². The van der Waals surface area contributed by atoms with E-state index in [-0.39, 0.29) is 11.8 Å². The normalized spacial score (nSPS) is 17.2. The monoisotopic (exact) mass is 166 g/mol. The van der Waals surface area contributed by atoms with Crippen molar-refractivity contribution in [3.63, 3.8) is 0 Å². The third kappa shape index (κ3) is 2.54. The van der Waals surface area contributed by atoms with Crippen LogP contribution in [0.15, 0.2) is 0 Å². The van der Waals surface area contributed by atoms with Crippen molar-refractivity contribution in [1.29, 1.82) is 5.26 Å². The zero-order valence-corrected chi connectivity index (χ0v) is 7.18. The molecule has 0 radical (unpaired) electrons. The van der Waals surface area contributed by atoms with Crippen molar-refractivity contribution < 1.29 is 4.79 Å². The topological polar surface area (TPSA) is 52.9 Å². The molecule has 0 aromatic heterocycles. The van der Waals surface area contributed by atoms with Gasteiger partial charge >= 0.3 is 0 Å². The molecule has 0 aliphatic heterocycles. The van der Waals surface area contributed by atoms with E-state index < -0.39 is 0 Å². The quantitative estimate of drug-likeness (QED) is 0.640.